The molecular weight excluding hydrogens is 420 g/mol. The molecule has 5 rings (SSSR count). The number of para-hydroxylation sites is 1. The minimum atomic E-state index is -0.0701. The van der Waals surface area contributed by atoms with Crippen molar-refractivity contribution in [1.29, 1.82) is 0 Å². The van der Waals surface area contributed by atoms with Crippen LogP contribution in [-0.2, 0) is 11.5 Å². The van der Waals surface area contributed by atoms with Crippen LogP contribution in [0, 0.1) is 17.6 Å². The molecule has 1 saturated heterocycles. The molecule has 3 heterocycles. The summed E-state index contributed by atoms with van der Waals surface area (Å²) in [6.07, 6.45) is 4.18. The average molecular weight is 449 g/mol. The van der Waals surface area contributed by atoms with Crippen LogP contribution in [0.4, 0.5) is 5.82 Å². The summed E-state index contributed by atoms with van der Waals surface area (Å²) in [5, 5.41) is 7.90. The van der Waals surface area contributed by atoms with E-state index in [-0.39, 0.29) is 11.8 Å². The number of anilines is 1. The van der Waals surface area contributed by atoms with Crippen LogP contribution >= 0.6 is 12.2 Å². The smallest absolute Gasteiger partial charge is 0.229 e. The molecule has 8 heteroatoms. The summed E-state index contributed by atoms with van der Waals surface area (Å²) in [6.45, 7) is 4.15. The maximum Gasteiger partial charge on any atom is 0.229 e. The highest BCUT2D eigenvalue weighted by Crippen LogP contribution is 2.40. The summed E-state index contributed by atoms with van der Waals surface area (Å²) in [7, 11) is 0. The van der Waals surface area contributed by atoms with Crippen LogP contribution in [0.1, 0.15) is 43.1 Å². The number of benzene rings is 1. The molecule has 3 aromatic rings. The number of aryl methyl sites for hydroxylation is 1. The molecule has 1 aliphatic heterocycles. The van der Waals surface area contributed by atoms with Gasteiger partial charge >= 0.3 is 0 Å². The second kappa shape index (κ2) is 8.96. The van der Waals surface area contributed by atoms with Crippen molar-refractivity contribution in [3.05, 3.63) is 64.8 Å². The molecule has 32 heavy (non-hydrogen) atoms. The second-order valence-corrected chi connectivity index (χ2v) is 9.16. The molecule has 2 fully saturated rings. The number of rotatable bonds is 6. The summed E-state index contributed by atoms with van der Waals surface area (Å²) in [5.41, 5.74) is 1.95. The number of piperidine rings is 1. The molecule has 2 aliphatic rings. The van der Waals surface area contributed by atoms with E-state index in [9.17, 15) is 4.79 Å². The molecule has 1 aromatic carbocycles. The summed E-state index contributed by atoms with van der Waals surface area (Å²) in [4.78, 5) is 19.5. The number of carbonyl (C=O) groups is 1. The van der Waals surface area contributed by atoms with Gasteiger partial charge in [-0.2, -0.15) is 5.10 Å². The first-order valence-corrected chi connectivity index (χ1v) is 11.7. The van der Waals surface area contributed by atoms with E-state index in [2.05, 4.69) is 31.9 Å². The minimum absolute atomic E-state index is 0.0323. The fourth-order valence-electron chi connectivity index (χ4n) is 4.37. The van der Waals surface area contributed by atoms with Crippen LogP contribution in [0.25, 0.3) is 5.69 Å². The van der Waals surface area contributed by atoms with Crippen LogP contribution in [0.5, 0.6) is 0 Å². The number of amides is 1. The van der Waals surface area contributed by atoms with Gasteiger partial charge in [-0.05, 0) is 75.6 Å². The van der Waals surface area contributed by atoms with E-state index < -0.39 is 0 Å². The summed E-state index contributed by atoms with van der Waals surface area (Å²) in [5.74, 6) is 2.12. The van der Waals surface area contributed by atoms with Crippen LogP contribution in [0.3, 0.4) is 0 Å². The first kappa shape index (κ1) is 21.0. The molecule has 0 radical (unpaired) electrons. The Morgan fingerprint density at radius 2 is 1.94 bits per heavy atom. The second-order valence-electron chi connectivity index (χ2n) is 8.80. The molecule has 1 unspecified atom stereocenters. The SMILES string of the molecule is Cc1cccc(NC(=O)C2CCCN(Cn3nc(C4CC4)n(-c4ccccc4)c3=S)C2)n1. The summed E-state index contributed by atoms with van der Waals surface area (Å²) in [6, 6.07) is 15.9. The van der Waals surface area contributed by atoms with Gasteiger partial charge in [0.1, 0.15) is 11.6 Å². The normalized spacial score (nSPS) is 19.1. The Balaban J connectivity index is 1.31. The van der Waals surface area contributed by atoms with Crippen molar-refractivity contribution in [1.82, 2.24) is 24.2 Å². The van der Waals surface area contributed by atoms with Gasteiger partial charge in [0.2, 0.25) is 10.7 Å². The van der Waals surface area contributed by atoms with E-state index in [1.807, 2.05) is 48.0 Å². The molecule has 166 valence electrons. The first-order valence-electron chi connectivity index (χ1n) is 11.3. The molecule has 1 N–H and O–H groups in total. The molecular formula is C24H28N6OS. The van der Waals surface area contributed by atoms with Gasteiger partial charge < -0.3 is 5.32 Å². The predicted molar refractivity (Wildman–Crippen MR) is 126 cm³/mol. The highest BCUT2D eigenvalue weighted by Gasteiger charge is 2.32. The van der Waals surface area contributed by atoms with Crippen molar-refractivity contribution in [2.24, 2.45) is 5.92 Å². The topological polar surface area (TPSA) is 68.0 Å². The third kappa shape index (κ3) is 4.52. The number of likely N-dealkylation sites (tertiary alicyclic amines) is 1. The van der Waals surface area contributed by atoms with Crippen LogP contribution in [0.2, 0.25) is 0 Å². The molecule has 2 aromatic heterocycles. The monoisotopic (exact) mass is 448 g/mol. The van der Waals surface area contributed by atoms with Crippen molar-refractivity contribution < 1.29 is 4.79 Å². The third-order valence-corrected chi connectivity index (χ3v) is 6.56. The average Bonchev–Trinajstić information content (AvgIpc) is 3.59. The maximum atomic E-state index is 12.9. The standard InChI is InChI=1S/C24H28N6OS/c1-17-7-5-11-21(25-17)26-23(31)19-8-6-14-28(15-19)16-29-24(32)30(20-9-3-2-4-10-20)22(27-29)18-12-13-18/h2-5,7,9-11,18-19H,6,8,12-16H2,1H3,(H,25,26,31). The van der Waals surface area contributed by atoms with Crippen molar-refractivity contribution in [2.75, 3.05) is 18.4 Å². The Morgan fingerprint density at radius 3 is 2.69 bits per heavy atom. The number of nitrogens with one attached hydrogen (secondary N) is 1. The van der Waals surface area contributed by atoms with Crippen molar-refractivity contribution in [3.8, 4) is 5.69 Å². The molecule has 7 nitrogen and oxygen atoms in total. The number of carbonyl (C=O) groups excluding carboxylic acids is 1. The van der Waals surface area contributed by atoms with Crippen LogP contribution < -0.4 is 5.32 Å². The van der Waals surface area contributed by atoms with Gasteiger partial charge in [0.05, 0.1) is 12.6 Å². The van der Waals surface area contributed by atoms with Crippen molar-refractivity contribution in [3.63, 3.8) is 0 Å². The fraction of sp³-hybridized carbons (Fsp3) is 0.417. The van der Waals surface area contributed by atoms with Gasteiger partial charge in [0.25, 0.3) is 0 Å². The van der Waals surface area contributed by atoms with Gasteiger partial charge in [-0.3, -0.25) is 14.3 Å². The first-order chi connectivity index (χ1) is 15.6. The number of aromatic nitrogens is 4. The molecule has 1 saturated carbocycles. The Morgan fingerprint density at radius 1 is 1.12 bits per heavy atom. The fourth-order valence-corrected chi connectivity index (χ4v) is 4.67. The molecule has 1 aliphatic carbocycles. The van der Waals surface area contributed by atoms with Gasteiger partial charge in [-0.15, -0.1) is 0 Å². The highest BCUT2D eigenvalue weighted by molar-refractivity contribution is 7.71. The summed E-state index contributed by atoms with van der Waals surface area (Å²) < 4.78 is 4.76. The Hall–Kier alpha value is -2.84. The van der Waals surface area contributed by atoms with Gasteiger partial charge in [0.15, 0.2) is 0 Å². The number of nitrogens with zero attached hydrogens (tertiary/aromatic N) is 5. The highest BCUT2D eigenvalue weighted by atomic mass is 32.1. The van der Waals surface area contributed by atoms with E-state index in [1.54, 1.807) is 0 Å². The zero-order valence-electron chi connectivity index (χ0n) is 18.3. The van der Waals surface area contributed by atoms with E-state index in [0.717, 1.165) is 49.4 Å². The lowest BCUT2D eigenvalue weighted by Gasteiger charge is -2.31. The lowest BCUT2D eigenvalue weighted by Crippen LogP contribution is -2.41. The zero-order valence-corrected chi connectivity index (χ0v) is 19.1. The van der Waals surface area contributed by atoms with E-state index >= 15 is 0 Å². The number of hydrogen-bond acceptors (Lipinski definition) is 5. The number of pyridine rings is 1. The van der Waals surface area contributed by atoms with Gasteiger partial charge in [-0.25, -0.2) is 9.67 Å². The Bertz CT molecular complexity index is 1170. The van der Waals surface area contributed by atoms with Crippen molar-refractivity contribution in [2.45, 2.75) is 45.2 Å². The van der Waals surface area contributed by atoms with E-state index in [1.165, 1.54) is 0 Å². The lowest BCUT2D eigenvalue weighted by atomic mass is 9.97. The quantitative estimate of drug-likeness (QED) is 0.570. The minimum Gasteiger partial charge on any atom is -0.310 e. The molecule has 0 bridgehead atoms. The Kier molecular flexibility index (Phi) is 5.89. The van der Waals surface area contributed by atoms with Gasteiger partial charge in [-0.1, -0.05) is 24.3 Å². The molecule has 1 atom stereocenters. The van der Waals surface area contributed by atoms with E-state index in [4.69, 9.17) is 17.3 Å². The van der Waals surface area contributed by atoms with Gasteiger partial charge in [0, 0.05) is 23.8 Å². The largest absolute Gasteiger partial charge is 0.310 e. The Labute approximate surface area is 193 Å². The predicted octanol–water partition coefficient (Wildman–Crippen LogP) is 4.29. The maximum absolute atomic E-state index is 12.9. The molecule has 0 spiro atoms. The van der Waals surface area contributed by atoms with E-state index in [0.29, 0.717) is 29.7 Å². The third-order valence-electron chi connectivity index (χ3n) is 6.17. The van der Waals surface area contributed by atoms with Crippen LogP contribution in [-0.4, -0.2) is 43.2 Å². The summed E-state index contributed by atoms with van der Waals surface area (Å²) >= 11 is 5.84. The lowest BCUT2D eigenvalue weighted by molar-refractivity contribution is -0.121. The van der Waals surface area contributed by atoms with Crippen LogP contribution in [0.15, 0.2) is 48.5 Å². The zero-order chi connectivity index (χ0) is 22.1. The number of hydrogen-bond donors (Lipinski definition) is 1. The molecule has 1 amide bonds. The van der Waals surface area contributed by atoms with Crippen molar-refractivity contribution >= 4 is 23.9 Å².